The molecule has 0 spiro atoms. The van der Waals surface area contributed by atoms with Gasteiger partial charge in [-0.05, 0) is 19.9 Å². The van der Waals surface area contributed by atoms with Crippen LogP contribution >= 0.6 is 0 Å². The molecule has 0 bridgehead atoms. The molecule has 12 heavy (non-hydrogen) atoms. The summed E-state index contributed by atoms with van der Waals surface area (Å²) >= 11 is 0. The Morgan fingerprint density at radius 2 is 2.25 bits per heavy atom. The molecule has 0 saturated carbocycles. The van der Waals surface area contributed by atoms with Crippen LogP contribution in [-0.4, -0.2) is 12.6 Å². The Hall–Kier alpha value is -1.56. The van der Waals surface area contributed by atoms with Crippen molar-refractivity contribution in [3.63, 3.8) is 0 Å². The van der Waals surface area contributed by atoms with Crippen LogP contribution in [0.2, 0.25) is 0 Å². The molecular weight excluding hydrogens is 154 g/mol. The van der Waals surface area contributed by atoms with Gasteiger partial charge in [0.2, 0.25) is 0 Å². The molecule has 0 amide bonds. The standard InChI is InChI=1S/C9H11NO2/c1-7(2)9(11)12-5-4-8(3)6-10/h4H,1,5H2,2-3H3/b8-4+. The topological polar surface area (TPSA) is 50.1 Å². The molecule has 0 rings (SSSR count). The first-order valence-corrected chi connectivity index (χ1v) is 3.47. The number of nitrogens with zero attached hydrogens (tertiary/aromatic N) is 1. The van der Waals surface area contributed by atoms with Gasteiger partial charge in [-0.1, -0.05) is 6.58 Å². The Morgan fingerprint density at radius 3 is 2.67 bits per heavy atom. The van der Waals surface area contributed by atoms with Crippen LogP contribution in [0.1, 0.15) is 13.8 Å². The zero-order valence-corrected chi connectivity index (χ0v) is 7.26. The molecule has 0 aliphatic heterocycles. The third-order valence-corrected chi connectivity index (χ3v) is 1.13. The van der Waals surface area contributed by atoms with E-state index in [-0.39, 0.29) is 6.61 Å². The number of hydrogen-bond donors (Lipinski definition) is 0. The fourth-order valence-corrected chi connectivity index (χ4v) is 0.411. The van der Waals surface area contributed by atoms with E-state index >= 15 is 0 Å². The van der Waals surface area contributed by atoms with E-state index < -0.39 is 5.97 Å². The number of hydrogen-bond acceptors (Lipinski definition) is 3. The summed E-state index contributed by atoms with van der Waals surface area (Å²) < 4.78 is 4.71. The Labute approximate surface area is 71.9 Å². The Bertz CT molecular complexity index is 258. The number of ether oxygens (including phenoxy) is 1. The van der Waals surface area contributed by atoms with Crippen LogP contribution < -0.4 is 0 Å². The van der Waals surface area contributed by atoms with E-state index in [1.54, 1.807) is 19.9 Å². The minimum Gasteiger partial charge on any atom is -0.458 e. The fraction of sp³-hybridized carbons (Fsp3) is 0.333. The second-order valence-electron chi connectivity index (χ2n) is 2.38. The molecule has 0 aromatic carbocycles. The van der Waals surface area contributed by atoms with Gasteiger partial charge in [-0.25, -0.2) is 4.79 Å². The Kier molecular flexibility index (Phi) is 4.47. The maximum absolute atomic E-state index is 10.8. The fourth-order valence-electron chi connectivity index (χ4n) is 0.411. The van der Waals surface area contributed by atoms with Crippen molar-refractivity contribution in [2.75, 3.05) is 6.61 Å². The van der Waals surface area contributed by atoms with Gasteiger partial charge in [0.25, 0.3) is 0 Å². The van der Waals surface area contributed by atoms with Gasteiger partial charge in [0.05, 0.1) is 6.07 Å². The molecule has 0 unspecified atom stereocenters. The SMILES string of the molecule is C=C(C)C(=O)OC/C=C(\C)C#N. The van der Waals surface area contributed by atoms with E-state index in [0.29, 0.717) is 11.1 Å². The van der Waals surface area contributed by atoms with Crippen molar-refractivity contribution in [1.29, 1.82) is 5.26 Å². The lowest BCUT2D eigenvalue weighted by atomic mass is 10.3. The average Bonchev–Trinajstić information content (AvgIpc) is 2.03. The Morgan fingerprint density at radius 1 is 1.67 bits per heavy atom. The highest BCUT2D eigenvalue weighted by atomic mass is 16.5. The van der Waals surface area contributed by atoms with Crippen molar-refractivity contribution in [1.82, 2.24) is 0 Å². The molecule has 64 valence electrons. The quantitative estimate of drug-likeness (QED) is 0.362. The molecule has 3 heteroatoms. The predicted octanol–water partition coefficient (Wildman–Crippen LogP) is 1.58. The van der Waals surface area contributed by atoms with E-state index in [1.165, 1.54) is 0 Å². The summed E-state index contributed by atoms with van der Waals surface area (Å²) in [6, 6.07) is 1.92. The largest absolute Gasteiger partial charge is 0.458 e. The van der Waals surface area contributed by atoms with Crippen LogP contribution in [0.15, 0.2) is 23.8 Å². The molecule has 0 aliphatic rings. The molecule has 0 N–H and O–H groups in total. The van der Waals surface area contributed by atoms with E-state index in [0.717, 1.165) is 0 Å². The van der Waals surface area contributed by atoms with Crippen molar-refractivity contribution in [2.45, 2.75) is 13.8 Å². The summed E-state index contributed by atoms with van der Waals surface area (Å²) in [7, 11) is 0. The number of esters is 1. The maximum Gasteiger partial charge on any atom is 0.333 e. The monoisotopic (exact) mass is 165 g/mol. The van der Waals surface area contributed by atoms with Gasteiger partial charge in [-0.15, -0.1) is 0 Å². The summed E-state index contributed by atoms with van der Waals surface area (Å²) in [5.74, 6) is -0.433. The van der Waals surface area contributed by atoms with Gasteiger partial charge in [0, 0.05) is 11.1 Å². The minimum atomic E-state index is -0.433. The number of carbonyl (C=O) groups excluding carboxylic acids is 1. The van der Waals surface area contributed by atoms with Crippen molar-refractivity contribution < 1.29 is 9.53 Å². The average molecular weight is 165 g/mol. The lowest BCUT2D eigenvalue weighted by Crippen LogP contribution is -2.04. The smallest absolute Gasteiger partial charge is 0.333 e. The second-order valence-corrected chi connectivity index (χ2v) is 2.38. The van der Waals surface area contributed by atoms with Gasteiger partial charge in [-0.3, -0.25) is 0 Å². The highest BCUT2D eigenvalue weighted by Crippen LogP contribution is 1.94. The van der Waals surface area contributed by atoms with Crippen molar-refractivity contribution in [3.8, 4) is 6.07 Å². The van der Waals surface area contributed by atoms with Gasteiger partial charge in [-0.2, -0.15) is 5.26 Å². The van der Waals surface area contributed by atoms with Crippen molar-refractivity contribution >= 4 is 5.97 Å². The van der Waals surface area contributed by atoms with Gasteiger partial charge >= 0.3 is 5.97 Å². The molecule has 0 heterocycles. The summed E-state index contributed by atoms with van der Waals surface area (Å²) in [6.45, 7) is 6.76. The normalized spacial score (nSPS) is 10.2. The highest BCUT2D eigenvalue weighted by molar-refractivity contribution is 5.86. The molecule has 0 atom stereocenters. The summed E-state index contributed by atoms with van der Waals surface area (Å²) in [4.78, 5) is 10.8. The van der Waals surface area contributed by atoms with E-state index in [1.807, 2.05) is 6.07 Å². The predicted molar refractivity (Wildman–Crippen MR) is 45.1 cm³/mol. The highest BCUT2D eigenvalue weighted by Gasteiger charge is 2.00. The lowest BCUT2D eigenvalue weighted by Gasteiger charge is -1.99. The molecule has 0 aliphatic carbocycles. The first-order chi connectivity index (χ1) is 5.57. The van der Waals surface area contributed by atoms with Gasteiger partial charge < -0.3 is 4.74 Å². The van der Waals surface area contributed by atoms with E-state index in [2.05, 4.69) is 6.58 Å². The number of allylic oxidation sites excluding steroid dienone is 1. The van der Waals surface area contributed by atoms with Crippen LogP contribution in [0.25, 0.3) is 0 Å². The van der Waals surface area contributed by atoms with Crippen LogP contribution in [0.5, 0.6) is 0 Å². The van der Waals surface area contributed by atoms with Gasteiger partial charge in [0.1, 0.15) is 6.61 Å². The first kappa shape index (κ1) is 10.4. The Balaban J connectivity index is 3.80. The second kappa shape index (κ2) is 5.14. The zero-order valence-electron chi connectivity index (χ0n) is 7.26. The summed E-state index contributed by atoms with van der Waals surface area (Å²) in [5, 5.41) is 8.33. The number of rotatable bonds is 3. The number of nitriles is 1. The van der Waals surface area contributed by atoms with Crippen molar-refractivity contribution in [2.24, 2.45) is 0 Å². The maximum atomic E-state index is 10.8. The zero-order chi connectivity index (χ0) is 9.56. The van der Waals surface area contributed by atoms with Gasteiger partial charge in [0.15, 0.2) is 0 Å². The third-order valence-electron chi connectivity index (χ3n) is 1.13. The van der Waals surface area contributed by atoms with Crippen LogP contribution in [0.3, 0.4) is 0 Å². The van der Waals surface area contributed by atoms with Crippen LogP contribution in [0, 0.1) is 11.3 Å². The molecule has 0 radical (unpaired) electrons. The van der Waals surface area contributed by atoms with Crippen LogP contribution in [0.4, 0.5) is 0 Å². The summed E-state index contributed by atoms with van der Waals surface area (Å²) in [5.41, 5.74) is 0.891. The van der Waals surface area contributed by atoms with Crippen LogP contribution in [-0.2, 0) is 9.53 Å². The number of carbonyl (C=O) groups is 1. The summed E-state index contributed by atoms with van der Waals surface area (Å²) in [6.07, 6.45) is 1.54. The lowest BCUT2D eigenvalue weighted by molar-refractivity contribution is -0.137. The van der Waals surface area contributed by atoms with Crippen molar-refractivity contribution in [3.05, 3.63) is 23.8 Å². The molecule has 0 aromatic rings. The van der Waals surface area contributed by atoms with E-state index in [4.69, 9.17) is 10.00 Å². The molecule has 0 fully saturated rings. The minimum absolute atomic E-state index is 0.130. The molecule has 3 nitrogen and oxygen atoms in total. The third kappa shape index (κ3) is 4.29. The molecule has 0 aromatic heterocycles. The first-order valence-electron chi connectivity index (χ1n) is 3.47. The molecular formula is C9H11NO2. The molecule has 0 saturated heterocycles. The van der Waals surface area contributed by atoms with E-state index in [9.17, 15) is 4.79 Å².